The van der Waals surface area contributed by atoms with Crippen molar-refractivity contribution in [2.24, 2.45) is 0 Å². The highest BCUT2D eigenvalue weighted by Crippen LogP contribution is 2.14. The first-order valence-electron chi connectivity index (χ1n) is 6.29. The molecule has 2 atom stereocenters. The molecular weight excluding hydrogens is 242 g/mol. The van der Waals surface area contributed by atoms with Crippen molar-refractivity contribution in [1.29, 1.82) is 0 Å². The Kier molecular flexibility index (Phi) is 5.51. The van der Waals surface area contributed by atoms with Crippen molar-refractivity contribution in [3.8, 4) is 0 Å². The minimum absolute atomic E-state index is 0.0327. The van der Waals surface area contributed by atoms with E-state index in [1.807, 2.05) is 32.0 Å². The molecular formula is C14H21N3O2. The maximum Gasteiger partial charge on any atom is 0.321 e. The van der Waals surface area contributed by atoms with Gasteiger partial charge in [-0.2, -0.15) is 0 Å². The molecule has 5 nitrogen and oxygen atoms in total. The van der Waals surface area contributed by atoms with Gasteiger partial charge in [-0.05, 0) is 26.3 Å². The number of benzene rings is 1. The predicted octanol–water partition coefficient (Wildman–Crippen LogP) is 1.49. The van der Waals surface area contributed by atoms with Crippen LogP contribution < -0.4 is 16.0 Å². The number of amides is 3. The maximum atomic E-state index is 11.7. The lowest BCUT2D eigenvalue weighted by molar-refractivity contribution is -0.121. The van der Waals surface area contributed by atoms with Crippen LogP contribution in [0, 0.1) is 6.92 Å². The van der Waals surface area contributed by atoms with Gasteiger partial charge in [-0.15, -0.1) is 0 Å². The molecule has 1 aromatic carbocycles. The number of imide groups is 1. The summed E-state index contributed by atoms with van der Waals surface area (Å²) in [5.74, 6) is -0.348. The molecule has 0 saturated carbocycles. The Morgan fingerprint density at radius 1 is 1.21 bits per heavy atom. The maximum absolute atomic E-state index is 11.7. The summed E-state index contributed by atoms with van der Waals surface area (Å²) in [5, 5.41) is 7.75. The topological polar surface area (TPSA) is 70.2 Å². The molecule has 0 heterocycles. The van der Waals surface area contributed by atoms with Gasteiger partial charge in [-0.25, -0.2) is 4.79 Å². The van der Waals surface area contributed by atoms with Crippen molar-refractivity contribution in [1.82, 2.24) is 16.0 Å². The van der Waals surface area contributed by atoms with E-state index in [9.17, 15) is 9.59 Å². The zero-order valence-electron chi connectivity index (χ0n) is 11.8. The Labute approximate surface area is 113 Å². The lowest BCUT2D eigenvalue weighted by Gasteiger charge is -2.19. The number of carbonyl (C=O) groups excluding carboxylic acids is 2. The van der Waals surface area contributed by atoms with E-state index in [0.717, 1.165) is 5.56 Å². The van der Waals surface area contributed by atoms with Crippen molar-refractivity contribution >= 4 is 11.9 Å². The largest absolute Gasteiger partial charge is 0.341 e. The van der Waals surface area contributed by atoms with Gasteiger partial charge in [0.15, 0.2) is 0 Å². The second-order valence-electron chi connectivity index (χ2n) is 4.59. The lowest BCUT2D eigenvalue weighted by Crippen LogP contribution is -2.47. The van der Waals surface area contributed by atoms with Crippen molar-refractivity contribution in [2.75, 3.05) is 7.05 Å². The summed E-state index contributed by atoms with van der Waals surface area (Å²) >= 11 is 0. The molecule has 0 fully saturated rings. The van der Waals surface area contributed by atoms with Crippen LogP contribution in [0.5, 0.6) is 0 Å². The third-order valence-electron chi connectivity index (χ3n) is 2.90. The highest BCUT2D eigenvalue weighted by Gasteiger charge is 2.17. The van der Waals surface area contributed by atoms with Crippen LogP contribution in [0.25, 0.3) is 0 Å². The quantitative estimate of drug-likeness (QED) is 0.771. The van der Waals surface area contributed by atoms with Crippen LogP contribution in [0.15, 0.2) is 24.3 Å². The molecule has 1 rings (SSSR count). The van der Waals surface area contributed by atoms with E-state index in [2.05, 4.69) is 22.0 Å². The monoisotopic (exact) mass is 263 g/mol. The molecule has 19 heavy (non-hydrogen) atoms. The summed E-state index contributed by atoms with van der Waals surface area (Å²) < 4.78 is 0. The first kappa shape index (κ1) is 15.2. The second kappa shape index (κ2) is 6.89. The SMILES string of the molecule is CNC(=O)NC(=O)C(C)N[C@H](C)c1cccc(C)c1. The van der Waals surface area contributed by atoms with E-state index < -0.39 is 12.1 Å². The highest BCUT2D eigenvalue weighted by atomic mass is 16.2. The van der Waals surface area contributed by atoms with E-state index in [1.165, 1.54) is 12.6 Å². The Morgan fingerprint density at radius 2 is 1.89 bits per heavy atom. The summed E-state index contributed by atoms with van der Waals surface area (Å²) in [6, 6.07) is 7.17. The van der Waals surface area contributed by atoms with Gasteiger partial charge in [-0.3, -0.25) is 15.4 Å². The fraction of sp³-hybridized carbons (Fsp3) is 0.429. The Bertz CT molecular complexity index is 460. The number of rotatable bonds is 4. The number of hydrogen-bond donors (Lipinski definition) is 3. The van der Waals surface area contributed by atoms with E-state index in [1.54, 1.807) is 6.92 Å². The van der Waals surface area contributed by atoms with E-state index in [0.29, 0.717) is 0 Å². The van der Waals surface area contributed by atoms with Crippen LogP contribution >= 0.6 is 0 Å². The Morgan fingerprint density at radius 3 is 2.47 bits per heavy atom. The lowest BCUT2D eigenvalue weighted by atomic mass is 10.1. The second-order valence-corrected chi connectivity index (χ2v) is 4.59. The molecule has 5 heteroatoms. The summed E-state index contributed by atoms with van der Waals surface area (Å²) in [4.78, 5) is 22.8. The van der Waals surface area contributed by atoms with Crippen molar-refractivity contribution in [3.05, 3.63) is 35.4 Å². The van der Waals surface area contributed by atoms with Gasteiger partial charge in [0, 0.05) is 13.1 Å². The third-order valence-corrected chi connectivity index (χ3v) is 2.90. The molecule has 1 unspecified atom stereocenters. The molecule has 0 aliphatic rings. The average Bonchev–Trinajstić information content (AvgIpc) is 2.38. The van der Waals surface area contributed by atoms with Gasteiger partial charge in [0.05, 0.1) is 6.04 Å². The standard InChI is InChI=1S/C14H21N3O2/c1-9-6-5-7-12(8-9)10(2)16-11(3)13(18)17-14(19)15-4/h5-8,10-11,16H,1-4H3,(H2,15,17,18,19)/t10-,11?/m1/s1. The van der Waals surface area contributed by atoms with E-state index in [-0.39, 0.29) is 11.9 Å². The fourth-order valence-electron chi connectivity index (χ4n) is 1.77. The highest BCUT2D eigenvalue weighted by molar-refractivity contribution is 5.96. The number of aryl methyl sites for hydroxylation is 1. The molecule has 0 aliphatic heterocycles. The first-order valence-corrected chi connectivity index (χ1v) is 6.29. The average molecular weight is 263 g/mol. The first-order chi connectivity index (χ1) is 8.93. The van der Waals surface area contributed by atoms with Crippen LogP contribution in [-0.4, -0.2) is 25.0 Å². The smallest absolute Gasteiger partial charge is 0.321 e. The molecule has 3 N–H and O–H groups in total. The number of nitrogens with one attached hydrogen (secondary N) is 3. The third kappa shape index (κ3) is 4.71. The van der Waals surface area contributed by atoms with E-state index >= 15 is 0 Å². The molecule has 0 aromatic heterocycles. The molecule has 0 radical (unpaired) electrons. The number of carbonyl (C=O) groups is 2. The van der Waals surface area contributed by atoms with Gasteiger partial charge in [-0.1, -0.05) is 29.8 Å². The van der Waals surface area contributed by atoms with Gasteiger partial charge < -0.3 is 5.32 Å². The zero-order chi connectivity index (χ0) is 14.4. The summed E-state index contributed by atoms with van der Waals surface area (Å²) in [6.45, 7) is 5.74. The minimum atomic E-state index is -0.498. The van der Waals surface area contributed by atoms with Gasteiger partial charge >= 0.3 is 6.03 Å². The predicted molar refractivity (Wildman–Crippen MR) is 74.8 cm³/mol. The van der Waals surface area contributed by atoms with Crippen LogP contribution in [0.3, 0.4) is 0 Å². The molecule has 0 spiro atoms. The Hall–Kier alpha value is -1.88. The summed E-state index contributed by atoms with van der Waals surface area (Å²) in [7, 11) is 1.47. The summed E-state index contributed by atoms with van der Waals surface area (Å²) in [5.41, 5.74) is 2.29. The molecule has 1 aromatic rings. The van der Waals surface area contributed by atoms with Crippen LogP contribution in [0.4, 0.5) is 4.79 Å². The molecule has 0 saturated heterocycles. The van der Waals surface area contributed by atoms with Crippen molar-refractivity contribution in [2.45, 2.75) is 32.9 Å². The normalized spacial score (nSPS) is 13.5. The van der Waals surface area contributed by atoms with Crippen LogP contribution in [0.1, 0.15) is 31.0 Å². The Balaban J connectivity index is 2.58. The number of hydrogen-bond acceptors (Lipinski definition) is 3. The van der Waals surface area contributed by atoms with Crippen molar-refractivity contribution < 1.29 is 9.59 Å². The van der Waals surface area contributed by atoms with Gasteiger partial charge in [0.2, 0.25) is 5.91 Å². The number of urea groups is 1. The van der Waals surface area contributed by atoms with Crippen LogP contribution in [0.2, 0.25) is 0 Å². The van der Waals surface area contributed by atoms with Gasteiger partial charge in [0.1, 0.15) is 0 Å². The molecule has 3 amide bonds. The molecule has 0 aliphatic carbocycles. The zero-order valence-corrected chi connectivity index (χ0v) is 11.8. The van der Waals surface area contributed by atoms with E-state index in [4.69, 9.17) is 0 Å². The minimum Gasteiger partial charge on any atom is -0.341 e. The summed E-state index contributed by atoms with van der Waals surface area (Å²) in [6.07, 6.45) is 0. The van der Waals surface area contributed by atoms with Gasteiger partial charge in [0.25, 0.3) is 0 Å². The molecule has 0 bridgehead atoms. The molecule has 104 valence electrons. The fourth-order valence-corrected chi connectivity index (χ4v) is 1.77. The van der Waals surface area contributed by atoms with Crippen LogP contribution in [-0.2, 0) is 4.79 Å². The van der Waals surface area contributed by atoms with Crippen molar-refractivity contribution in [3.63, 3.8) is 0 Å².